The zero-order chi connectivity index (χ0) is 25.7. The summed E-state index contributed by atoms with van der Waals surface area (Å²) >= 11 is 0. The van der Waals surface area contributed by atoms with E-state index >= 15 is 0 Å². The van der Waals surface area contributed by atoms with Crippen molar-refractivity contribution >= 4 is 29.1 Å². The lowest BCUT2D eigenvalue weighted by molar-refractivity contribution is -0.274. The Morgan fingerprint density at radius 2 is 1.75 bits per heavy atom. The first kappa shape index (κ1) is 24.9. The van der Waals surface area contributed by atoms with Crippen LogP contribution in [0, 0.1) is 6.92 Å². The standard InChI is InChI=1S/C26H25F3N4O3/c1-18-11-12-23(22(15-18)31-24(34)30-20-8-3-2-4-9-20)33-14-6-13-32(25(33)35)17-19-7-5-10-21(16-19)36-26(27,28)29/h2-5,7-12,15-16H,6,13-14,17H2,1H3,(H2,30,31,34). The maximum absolute atomic E-state index is 13.4. The molecule has 1 fully saturated rings. The van der Waals surface area contributed by atoms with Crippen LogP contribution in [-0.2, 0) is 6.54 Å². The Morgan fingerprint density at radius 1 is 0.972 bits per heavy atom. The van der Waals surface area contributed by atoms with Gasteiger partial charge >= 0.3 is 18.4 Å². The molecule has 0 radical (unpaired) electrons. The number of urea groups is 2. The van der Waals surface area contributed by atoms with Crippen molar-refractivity contribution in [2.75, 3.05) is 28.6 Å². The molecule has 7 nitrogen and oxygen atoms in total. The second kappa shape index (κ2) is 10.6. The molecule has 0 atom stereocenters. The Balaban J connectivity index is 1.50. The van der Waals surface area contributed by atoms with Gasteiger partial charge in [-0.15, -0.1) is 13.2 Å². The van der Waals surface area contributed by atoms with Crippen LogP contribution in [0.4, 0.5) is 39.8 Å². The fraction of sp³-hybridized carbons (Fsp3) is 0.231. The summed E-state index contributed by atoms with van der Waals surface area (Å²) in [7, 11) is 0. The van der Waals surface area contributed by atoms with E-state index in [4.69, 9.17) is 0 Å². The molecule has 4 amide bonds. The van der Waals surface area contributed by atoms with Crippen LogP contribution in [0.2, 0.25) is 0 Å². The van der Waals surface area contributed by atoms with Crippen molar-refractivity contribution < 1.29 is 27.5 Å². The minimum absolute atomic E-state index is 0.119. The molecule has 1 aliphatic rings. The minimum Gasteiger partial charge on any atom is -0.406 e. The molecule has 1 saturated heterocycles. The lowest BCUT2D eigenvalue weighted by Crippen LogP contribution is -2.49. The van der Waals surface area contributed by atoms with Crippen molar-refractivity contribution in [3.05, 3.63) is 83.9 Å². The number of halogens is 3. The Labute approximate surface area is 206 Å². The third-order valence-corrected chi connectivity index (χ3v) is 5.54. The van der Waals surface area contributed by atoms with Gasteiger partial charge in [-0.05, 0) is 60.9 Å². The zero-order valence-corrected chi connectivity index (χ0v) is 19.5. The van der Waals surface area contributed by atoms with Crippen LogP contribution in [0.15, 0.2) is 72.8 Å². The summed E-state index contributed by atoms with van der Waals surface area (Å²) in [5.74, 6) is -0.337. The van der Waals surface area contributed by atoms with Gasteiger partial charge in [0.1, 0.15) is 5.75 Å². The molecule has 0 unspecified atom stereocenters. The molecule has 10 heteroatoms. The number of para-hydroxylation sites is 1. The van der Waals surface area contributed by atoms with Gasteiger partial charge < -0.3 is 20.3 Å². The van der Waals surface area contributed by atoms with Crippen LogP contribution in [0.5, 0.6) is 5.75 Å². The number of hydrogen-bond acceptors (Lipinski definition) is 3. The van der Waals surface area contributed by atoms with Crippen LogP contribution >= 0.6 is 0 Å². The Hall–Kier alpha value is -4.21. The second-order valence-electron chi connectivity index (χ2n) is 8.37. The number of ether oxygens (including phenoxy) is 1. The van der Waals surface area contributed by atoms with E-state index in [2.05, 4.69) is 15.4 Å². The summed E-state index contributed by atoms with van der Waals surface area (Å²) in [6, 6.07) is 19.2. The molecule has 0 spiro atoms. The molecule has 1 heterocycles. The number of benzene rings is 3. The molecular formula is C26H25F3N4O3. The largest absolute Gasteiger partial charge is 0.573 e. The molecule has 0 aromatic heterocycles. The van der Waals surface area contributed by atoms with Crippen LogP contribution in [0.3, 0.4) is 0 Å². The van der Waals surface area contributed by atoms with Gasteiger partial charge in [0.25, 0.3) is 0 Å². The third kappa shape index (κ3) is 6.47. The van der Waals surface area contributed by atoms with Gasteiger partial charge in [0.15, 0.2) is 0 Å². The summed E-state index contributed by atoms with van der Waals surface area (Å²) < 4.78 is 41.7. The molecular weight excluding hydrogens is 473 g/mol. The zero-order valence-electron chi connectivity index (χ0n) is 19.5. The van der Waals surface area contributed by atoms with E-state index in [-0.39, 0.29) is 18.3 Å². The van der Waals surface area contributed by atoms with Gasteiger partial charge in [0.2, 0.25) is 0 Å². The van der Waals surface area contributed by atoms with Crippen LogP contribution in [0.1, 0.15) is 17.5 Å². The average molecular weight is 499 g/mol. The summed E-state index contributed by atoms with van der Waals surface area (Å²) in [5.41, 5.74) is 3.04. The molecule has 3 aromatic rings. The van der Waals surface area contributed by atoms with Gasteiger partial charge in [-0.1, -0.05) is 36.4 Å². The van der Waals surface area contributed by atoms with Gasteiger partial charge in [-0.2, -0.15) is 0 Å². The van der Waals surface area contributed by atoms with Crippen LogP contribution < -0.4 is 20.3 Å². The number of rotatable bonds is 6. The maximum atomic E-state index is 13.4. The lowest BCUT2D eigenvalue weighted by atomic mass is 10.1. The van der Waals surface area contributed by atoms with E-state index in [0.717, 1.165) is 5.56 Å². The number of aryl methyl sites for hydroxylation is 1. The Bertz CT molecular complexity index is 1230. The molecule has 0 aliphatic carbocycles. The quantitative estimate of drug-likeness (QED) is 0.415. The number of anilines is 3. The summed E-state index contributed by atoms with van der Waals surface area (Å²) in [6.45, 7) is 2.88. The molecule has 188 valence electrons. The van der Waals surface area contributed by atoms with Crippen molar-refractivity contribution in [3.8, 4) is 5.75 Å². The molecule has 0 saturated carbocycles. The first-order valence-electron chi connectivity index (χ1n) is 11.3. The molecule has 3 aromatic carbocycles. The molecule has 0 bridgehead atoms. The number of alkyl halides is 3. The van der Waals surface area contributed by atoms with Gasteiger partial charge in [-0.3, -0.25) is 4.90 Å². The number of hydrogen-bond donors (Lipinski definition) is 2. The van der Waals surface area contributed by atoms with Gasteiger partial charge in [0.05, 0.1) is 11.4 Å². The third-order valence-electron chi connectivity index (χ3n) is 5.54. The number of nitrogens with zero attached hydrogens (tertiary/aromatic N) is 2. The Kier molecular flexibility index (Phi) is 7.33. The van der Waals surface area contributed by atoms with E-state index in [1.165, 1.54) is 18.2 Å². The smallest absolute Gasteiger partial charge is 0.406 e. The van der Waals surface area contributed by atoms with E-state index < -0.39 is 12.4 Å². The Morgan fingerprint density at radius 3 is 2.50 bits per heavy atom. The van der Waals surface area contributed by atoms with Gasteiger partial charge in [-0.25, -0.2) is 9.59 Å². The van der Waals surface area contributed by atoms with Crippen molar-refractivity contribution in [2.45, 2.75) is 26.3 Å². The first-order valence-corrected chi connectivity index (χ1v) is 11.3. The maximum Gasteiger partial charge on any atom is 0.573 e. The molecule has 2 N–H and O–H groups in total. The number of amides is 4. The second-order valence-corrected chi connectivity index (χ2v) is 8.37. The number of carbonyl (C=O) groups is 2. The highest BCUT2D eigenvalue weighted by Crippen LogP contribution is 2.31. The van der Waals surface area contributed by atoms with E-state index in [0.29, 0.717) is 42.1 Å². The highest BCUT2D eigenvalue weighted by atomic mass is 19.4. The van der Waals surface area contributed by atoms with Crippen molar-refractivity contribution in [1.82, 2.24) is 4.90 Å². The predicted octanol–water partition coefficient (Wildman–Crippen LogP) is 6.37. The predicted molar refractivity (Wildman–Crippen MR) is 131 cm³/mol. The SMILES string of the molecule is Cc1ccc(N2CCCN(Cc3cccc(OC(F)(F)F)c3)C2=O)c(NC(=O)Nc2ccccc2)c1. The van der Waals surface area contributed by atoms with Crippen LogP contribution in [-0.4, -0.2) is 36.4 Å². The monoisotopic (exact) mass is 498 g/mol. The topological polar surface area (TPSA) is 73.9 Å². The van der Waals surface area contributed by atoms with E-state index in [9.17, 15) is 22.8 Å². The number of carbonyl (C=O) groups excluding carboxylic acids is 2. The lowest BCUT2D eigenvalue weighted by Gasteiger charge is -2.36. The number of nitrogens with one attached hydrogen (secondary N) is 2. The first-order chi connectivity index (χ1) is 17.2. The highest BCUT2D eigenvalue weighted by molar-refractivity contribution is 6.04. The van der Waals surface area contributed by atoms with Crippen molar-refractivity contribution in [3.63, 3.8) is 0 Å². The fourth-order valence-electron chi connectivity index (χ4n) is 4.00. The van der Waals surface area contributed by atoms with Gasteiger partial charge in [0, 0.05) is 25.3 Å². The average Bonchev–Trinajstić information content (AvgIpc) is 2.81. The minimum atomic E-state index is -4.79. The highest BCUT2D eigenvalue weighted by Gasteiger charge is 2.32. The normalized spacial score (nSPS) is 13.9. The van der Waals surface area contributed by atoms with Crippen LogP contribution in [0.25, 0.3) is 0 Å². The fourth-order valence-corrected chi connectivity index (χ4v) is 4.00. The molecule has 1 aliphatic heterocycles. The molecule has 36 heavy (non-hydrogen) atoms. The summed E-state index contributed by atoms with van der Waals surface area (Å²) in [5, 5.41) is 5.58. The summed E-state index contributed by atoms with van der Waals surface area (Å²) in [4.78, 5) is 29.1. The van der Waals surface area contributed by atoms with Crippen molar-refractivity contribution in [1.29, 1.82) is 0 Å². The molecule has 4 rings (SSSR count). The summed E-state index contributed by atoms with van der Waals surface area (Å²) in [6.07, 6.45) is -4.15. The van der Waals surface area contributed by atoms with E-state index in [1.54, 1.807) is 52.3 Å². The van der Waals surface area contributed by atoms with E-state index in [1.807, 2.05) is 19.1 Å². The van der Waals surface area contributed by atoms with Crippen molar-refractivity contribution in [2.24, 2.45) is 0 Å².